The average Bonchev–Trinajstić information content (AvgIpc) is 3.19. The van der Waals surface area contributed by atoms with Crippen molar-refractivity contribution in [2.45, 2.75) is 17.8 Å². The molecule has 0 spiro atoms. The van der Waals surface area contributed by atoms with Crippen LogP contribution >= 0.6 is 23.1 Å². The van der Waals surface area contributed by atoms with Crippen molar-refractivity contribution < 1.29 is 8.78 Å². The Bertz CT molecular complexity index is 1040. The molecular formula is C18H13F2N3S2. The maximum Gasteiger partial charge on any atom is 0.217 e. The predicted molar refractivity (Wildman–Crippen MR) is 97.0 cm³/mol. The van der Waals surface area contributed by atoms with Crippen LogP contribution < -0.4 is 0 Å². The van der Waals surface area contributed by atoms with Gasteiger partial charge in [0.15, 0.2) is 5.16 Å². The van der Waals surface area contributed by atoms with Crippen molar-refractivity contribution in [1.82, 2.24) is 14.6 Å². The lowest BCUT2D eigenvalue weighted by molar-refractivity contribution is 0.618. The molecule has 0 aliphatic carbocycles. The van der Waals surface area contributed by atoms with E-state index in [1.165, 1.54) is 41.3 Å². The van der Waals surface area contributed by atoms with Gasteiger partial charge in [-0.15, -0.1) is 21.5 Å². The smallest absolute Gasteiger partial charge is 0.217 e. The number of thioether (sulfide) groups is 1. The summed E-state index contributed by atoms with van der Waals surface area (Å²) < 4.78 is 28.5. The molecule has 7 heteroatoms. The molecule has 2 heterocycles. The first-order valence-corrected chi connectivity index (χ1v) is 9.45. The molecule has 0 N–H and O–H groups in total. The third kappa shape index (κ3) is 3.17. The van der Waals surface area contributed by atoms with Gasteiger partial charge in [-0.25, -0.2) is 8.78 Å². The first-order valence-electron chi connectivity index (χ1n) is 7.58. The number of nitrogens with zero attached hydrogens (tertiary/aromatic N) is 3. The first kappa shape index (κ1) is 16.2. The zero-order chi connectivity index (χ0) is 17.4. The van der Waals surface area contributed by atoms with Crippen LogP contribution in [0, 0.1) is 18.6 Å². The van der Waals surface area contributed by atoms with Gasteiger partial charge in [0.25, 0.3) is 0 Å². The molecule has 0 saturated carbocycles. The van der Waals surface area contributed by atoms with Gasteiger partial charge in [-0.05, 0) is 53.9 Å². The van der Waals surface area contributed by atoms with Crippen molar-refractivity contribution in [2.24, 2.45) is 0 Å². The number of benzene rings is 2. The van der Waals surface area contributed by atoms with E-state index in [0.29, 0.717) is 11.3 Å². The molecule has 0 bridgehead atoms. The van der Waals surface area contributed by atoms with E-state index in [-0.39, 0.29) is 11.6 Å². The lowest BCUT2D eigenvalue weighted by Crippen LogP contribution is -1.92. The largest absolute Gasteiger partial charge is 0.260 e. The van der Waals surface area contributed by atoms with Crippen LogP contribution in [0.25, 0.3) is 16.2 Å². The number of hydrogen-bond donors (Lipinski definition) is 0. The molecule has 126 valence electrons. The summed E-state index contributed by atoms with van der Waals surface area (Å²) in [6, 6.07) is 11.5. The van der Waals surface area contributed by atoms with Crippen LogP contribution in [-0.4, -0.2) is 14.6 Å². The molecular weight excluding hydrogens is 360 g/mol. The maximum absolute atomic E-state index is 13.6. The molecule has 0 radical (unpaired) electrons. The SMILES string of the molecule is Cc1cc(-c2csc3nnc(SCc4ccc(F)cc4)n23)ccc1F. The highest BCUT2D eigenvalue weighted by molar-refractivity contribution is 7.98. The summed E-state index contributed by atoms with van der Waals surface area (Å²) in [7, 11) is 0. The highest BCUT2D eigenvalue weighted by Crippen LogP contribution is 2.31. The molecule has 2 aromatic carbocycles. The third-order valence-corrected chi connectivity index (χ3v) is 5.67. The summed E-state index contributed by atoms with van der Waals surface area (Å²) in [5, 5.41) is 11.2. The Labute approximate surface area is 151 Å². The summed E-state index contributed by atoms with van der Waals surface area (Å²) in [5.74, 6) is 0.203. The molecule has 0 unspecified atom stereocenters. The predicted octanol–water partition coefficient (Wildman–Crippen LogP) is 5.34. The minimum atomic E-state index is -0.245. The Kier molecular flexibility index (Phi) is 4.27. The van der Waals surface area contributed by atoms with Crippen molar-refractivity contribution >= 4 is 28.1 Å². The zero-order valence-corrected chi connectivity index (χ0v) is 14.9. The second-order valence-corrected chi connectivity index (χ2v) is 7.38. The fourth-order valence-corrected chi connectivity index (χ4v) is 4.32. The van der Waals surface area contributed by atoms with E-state index in [0.717, 1.165) is 26.9 Å². The van der Waals surface area contributed by atoms with Crippen molar-refractivity contribution in [3.05, 3.63) is 70.6 Å². The van der Waals surface area contributed by atoms with E-state index in [4.69, 9.17) is 0 Å². The molecule has 3 nitrogen and oxygen atoms in total. The van der Waals surface area contributed by atoms with E-state index >= 15 is 0 Å². The number of hydrogen-bond acceptors (Lipinski definition) is 4. The Morgan fingerprint density at radius 2 is 1.88 bits per heavy atom. The zero-order valence-electron chi connectivity index (χ0n) is 13.2. The molecule has 0 aliphatic rings. The van der Waals surface area contributed by atoms with Crippen molar-refractivity contribution in [3.8, 4) is 11.3 Å². The van der Waals surface area contributed by atoms with E-state index in [2.05, 4.69) is 10.2 Å². The standard InChI is InChI=1S/C18H13F2N3S2/c1-11-8-13(4-7-15(11)20)16-10-25-18-22-21-17(23(16)18)24-9-12-2-5-14(19)6-3-12/h2-8,10H,9H2,1H3. The van der Waals surface area contributed by atoms with Crippen LogP contribution in [-0.2, 0) is 5.75 Å². The molecule has 0 fully saturated rings. The van der Waals surface area contributed by atoms with Gasteiger partial charge in [-0.3, -0.25) is 4.40 Å². The molecule has 0 atom stereocenters. The number of rotatable bonds is 4. The highest BCUT2D eigenvalue weighted by Gasteiger charge is 2.14. The van der Waals surface area contributed by atoms with Gasteiger partial charge in [-0.2, -0.15) is 0 Å². The molecule has 25 heavy (non-hydrogen) atoms. The number of halogens is 2. The topological polar surface area (TPSA) is 30.2 Å². The van der Waals surface area contributed by atoms with E-state index in [1.807, 2.05) is 15.8 Å². The normalized spacial score (nSPS) is 11.3. The van der Waals surface area contributed by atoms with Crippen molar-refractivity contribution in [3.63, 3.8) is 0 Å². The van der Waals surface area contributed by atoms with Gasteiger partial charge in [0.1, 0.15) is 11.6 Å². The number of aryl methyl sites for hydroxylation is 1. The van der Waals surface area contributed by atoms with Crippen LogP contribution in [0.3, 0.4) is 0 Å². The monoisotopic (exact) mass is 373 g/mol. The number of fused-ring (bicyclic) bond motifs is 1. The minimum Gasteiger partial charge on any atom is -0.260 e. The van der Waals surface area contributed by atoms with E-state index < -0.39 is 0 Å². The lowest BCUT2D eigenvalue weighted by atomic mass is 10.1. The minimum absolute atomic E-state index is 0.218. The molecule has 4 rings (SSSR count). The maximum atomic E-state index is 13.6. The average molecular weight is 373 g/mol. The van der Waals surface area contributed by atoms with Gasteiger partial charge in [-0.1, -0.05) is 23.9 Å². The Balaban J connectivity index is 1.67. The summed E-state index contributed by atoms with van der Waals surface area (Å²) in [6.45, 7) is 1.75. The fraction of sp³-hybridized carbons (Fsp3) is 0.111. The molecule has 0 saturated heterocycles. The highest BCUT2D eigenvalue weighted by atomic mass is 32.2. The first-order chi connectivity index (χ1) is 12.1. The van der Waals surface area contributed by atoms with Crippen molar-refractivity contribution in [2.75, 3.05) is 0 Å². The van der Waals surface area contributed by atoms with Gasteiger partial charge in [0.05, 0.1) is 5.69 Å². The van der Waals surface area contributed by atoms with Crippen LogP contribution in [0.15, 0.2) is 53.0 Å². The molecule has 4 aromatic rings. The Morgan fingerprint density at radius 3 is 2.64 bits per heavy atom. The summed E-state index contributed by atoms with van der Waals surface area (Å²) in [4.78, 5) is 0.790. The Morgan fingerprint density at radius 1 is 1.08 bits per heavy atom. The third-order valence-electron chi connectivity index (χ3n) is 3.86. The molecule has 0 amide bonds. The number of thiazole rings is 1. The van der Waals surface area contributed by atoms with Gasteiger partial charge < -0.3 is 0 Å². The van der Waals surface area contributed by atoms with Crippen LogP contribution in [0.5, 0.6) is 0 Å². The molecule has 0 aliphatic heterocycles. The summed E-state index contributed by atoms with van der Waals surface area (Å²) in [5.41, 5.74) is 3.48. The molecule has 2 aromatic heterocycles. The van der Waals surface area contributed by atoms with Crippen molar-refractivity contribution in [1.29, 1.82) is 0 Å². The lowest BCUT2D eigenvalue weighted by Gasteiger charge is -2.05. The van der Waals surface area contributed by atoms with Gasteiger partial charge >= 0.3 is 0 Å². The summed E-state index contributed by atoms with van der Waals surface area (Å²) in [6.07, 6.45) is 0. The van der Waals surface area contributed by atoms with Crippen LogP contribution in [0.4, 0.5) is 8.78 Å². The Hall–Kier alpha value is -2.25. The second kappa shape index (κ2) is 6.57. The van der Waals surface area contributed by atoms with Crippen LogP contribution in [0.1, 0.15) is 11.1 Å². The van der Waals surface area contributed by atoms with E-state index in [1.54, 1.807) is 25.1 Å². The van der Waals surface area contributed by atoms with E-state index in [9.17, 15) is 8.78 Å². The van der Waals surface area contributed by atoms with Gasteiger partial charge in [0.2, 0.25) is 4.96 Å². The summed E-state index contributed by atoms with van der Waals surface area (Å²) >= 11 is 3.03. The fourth-order valence-electron chi connectivity index (χ4n) is 2.52. The van der Waals surface area contributed by atoms with Gasteiger partial charge in [0, 0.05) is 11.1 Å². The van der Waals surface area contributed by atoms with Crippen LogP contribution in [0.2, 0.25) is 0 Å². The quantitative estimate of drug-likeness (QED) is 0.453. The number of aromatic nitrogens is 3. The second-order valence-electron chi connectivity index (χ2n) is 5.60.